The number of hydrogen-bond acceptors (Lipinski definition) is 2. The van der Waals surface area contributed by atoms with Gasteiger partial charge in [0.05, 0.1) is 17.1 Å². The van der Waals surface area contributed by atoms with E-state index in [-0.39, 0.29) is 17.1 Å². The lowest BCUT2D eigenvalue weighted by Gasteiger charge is -2.18. The Bertz CT molecular complexity index is 525. The topological polar surface area (TPSA) is 57.6 Å². The van der Waals surface area contributed by atoms with Gasteiger partial charge in [-0.15, -0.1) is 6.42 Å². The molecule has 94 valence electrons. The predicted molar refractivity (Wildman–Crippen MR) is 71.5 cm³/mol. The summed E-state index contributed by atoms with van der Waals surface area (Å²) in [4.78, 5) is 23.8. The molecule has 1 amide bonds. The fraction of sp³-hybridized carbons (Fsp3) is 0.167. The maximum absolute atomic E-state index is 12.1. The highest BCUT2D eigenvalue weighted by atomic mass is 79.9. The standard InChI is InChI=1S/C12H9BrClNO3/c1-2-5-15(7-11(16)17)12(18)9-6-8(13)3-4-10(9)14/h1,3-4,6H,5,7H2,(H,16,17). The van der Waals surface area contributed by atoms with E-state index >= 15 is 0 Å². The Balaban J connectivity index is 3.05. The van der Waals surface area contributed by atoms with Crippen LogP contribution in [0.5, 0.6) is 0 Å². The van der Waals surface area contributed by atoms with E-state index in [9.17, 15) is 9.59 Å². The van der Waals surface area contributed by atoms with Gasteiger partial charge in [0.25, 0.3) is 5.91 Å². The van der Waals surface area contributed by atoms with E-state index in [4.69, 9.17) is 23.1 Å². The Morgan fingerprint density at radius 3 is 2.72 bits per heavy atom. The van der Waals surface area contributed by atoms with Crippen molar-refractivity contribution < 1.29 is 14.7 Å². The molecule has 0 spiro atoms. The molecular formula is C12H9BrClNO3. The van der Waals surface area contributed by atoms with Gasteiger partial charge in [-0.1, -0.05) is 33.5 Å². The van der Waals surface area contributed by atoms with Crippen LogP contribution in [-0.4, -0.2) is 35.0 Å². The van der Waals surface area contributed by atoms with Gasteiger partial charge in [0.15, 0.2) is 0 Å². The normalized spacial score (nSPS) is 9.61. The molecule has 0 aliphatic rings. The van der Waals surface area contributed by atoms with Gasteiger partial charge in [-0.3, -0.25) is 9.59 Å². The Kier molecular flexibility index (Phi) is 5.20. The summed E-state index contributed by atoms with van der Waals surface area (Å²) in [5.41, 5.74) is 0.211. The van der Waals surface area contributed by atoms with Crippen molar-refractivity contribution in [2.45, 2.75) is 0 Å². The molecule has 4 nitrogen and oxygen atoms in total. The molecule has 6 heteroatoms. The number of carboxylic acid groups (broad SMARTS) is 1. The molecule has 1 N–H and O–H groups in total. The molecule has 0 atom stereocenters. The quantitative estimate of drug-likeness (QED) is 0.862. The van der Waals surface area contributed by atoms with Crippen LogP contribution in [0.2, 0.25) is 5.02 Å². The van der Waals surface area contributed by atoms with Crippen molar-refractivity contribution in [3.05, 3.63) is 33.3 Å². The van der Waals surface area contributed by atoms with Gasteiger partial charge in [-0.05, 0) is 18.2 Å². The van der Waals surface area contributed by atoms with Crippen LogP contribution in [0.1, 0.15) is 10.4 Å². The number of carbonyl (C=O) groups is 2. The molecule has 0 aliphatic carbocycles. The van der Waals surface area contributed by atoms with Gasteiger partial charge in [0.2, 0.25) is 0 Å². The van der Waals surface area contributed by atoms with Crippen LogP contribution in [0.3, 0.4) is 0 Å². The van der Waals surface area contributed by atoms with E-state index in [1.807, 2.05) is 0 Å². The van der Waals surface area contributed by atoms with Crippen LogP contribution in [0, 0.1) is 12.3 Å². The van der Waals surface area contributed by atoms with E-state index in [0.29, 0.717) is 4.47 Å². The highest BCUT2D eigenvalue weighted by Gasteiger charge is 2.20. The molecular weight excluding hydrogens is 321 g/mol. The molecule has 0 heterocycles. The monoisotopic (exact) mass is 329 g/mol. The van der Waals surface area contributed by atoms with Gasteiger partial charge in [-0.25, -0.2) is 0 Å². The first-order chi connectivity index (χ1) is 8.45. The Morgan fingerprint density at radius 1 is 1.50 bits per heavy atom. The second-order valence-electron chi connectivity index (χ2n) is 3.38. The summed E-state index contributed by atoms with van der Waals surface area (Å²) >= 11 is 9.12. The van der Waals surface area contributed by atoms with Crippen molar-refractivity contribution in [2.75, 3.05) is 13.1 Å². The number of amides is 1. The smallest absolute Gasteiger partial charge is 0.323 e. The van der Waals surface area contributed by atoms with Crippen LogP contribution in [0.15, 0.2) is 22.7 Å². The molecule has 0 saturated carbocycles. The fourth-order valence-corrected chi connectivity index (χ4v) is 1.86. The third kappa shape index (κ3) is 3.76. The summed E-state index contributed by atoms with van der Waals surface area (Å²) < 4.78 is 0.672. The third-order valence-electron chi connectivity index (χ3n) is 2.05. The number of rotatable bonds is 4. The minimum atomic E-state index is -1.13. The Morgan fingerprint density at radius 2 is 2.17 bits per heavy atom. The fourth-order valence-electron chi connectivity index (χ4n) is 1.30. The van der Waals surface area contributed by atoms with Gasteiger partial charge in [0, 0.05) is 4.47 Å². The first-order valence-corrected chi connectivity index (χ1v) is 6.02. The number of benzene rings is 1. The minimum absolute atomic E-state index is 0.0893. The number of carbonyl (C=O) groups excluding carboxylic acids is 1. The van der Waals surface area contributed by atoms with Crippen LogP contribution in [-0.2, 0) is 4.79 Å². The number of hydrogen-bond donors (Lipinski definition) is 1. The molecule has 1 aromatic carbocycles. The summed E-state index contributed by atoms with van der Waals surface area (Å²) in [6.45, 7) is -0.556. The summed E-state index contributed by atoms with van der Waals surface area (Å²) in [7, 11) is 0. The van der Waals surface area contributed by atoms with Crippen molar-refractivity contribution in [3.8, 4) is 12.3 Å². The van der Waals surface area contributed by atoms with Crippen molar-refractivity contribution in [2.24, 2.45) is 0 Å². The summed E-state index contributed by atoms with van der Waals surface area (Å²) in [5, 5.41) is 8.97. The first-order valence-electron chi connectivity index (χ1n) is 4.85. The lowest BCUT2D eigenvalue weighted by atomic mass is 10.2. The van der Waals surface area contributed by atoms with E-state index in [0.717, 1.165) is 4.90 Å². The van der Waals surface area contributed by atoms with Gasteiger partial charge in [-0.2, -0.15) is 0 Å². The first kappa shape index (κ1) is 14.6. The second-order valence-corrected chi connectivity index (χ2v) is 4.71. The molecule has 1 rings (SSSR count). The number of halogens is 2. The molecule has 0 saturated heterocycles. The molecule has 0 aromatic heterocycles. The van der Waals surface area contributed by atoms with Gasteiger partial charge < -0.3 is 10.0 Å². The molecule has 0 unspecified atom stereocenters. The maximum Gasteiger partial charge on any atom is 0.323 e. The van der Waals surface area contributed by atoms with Gasteiger partial charge >= 0.3 is 5.97 Å². The predicted octanol–water partition coefficient (Wildman–Crippen LogP) is 2.26. The molecule has 0 aliphatic heterocycles. The van der Waals surface area contributed by atoms with E-state index in [1.165, 1.54) is 6.07 Å². The summed E-state index contributed by atoms with van der Waals surface area (Å²) in [6, 6.07) is 4.76. The number of carboxylic acids is 1. The van der Waals surface area contributed by atoms with Crippen molar-refractivity contribution >= 4 is 39.4 Å². The average Bonchev–Trinajstić information content (AvgIpc) is 2.30. The molecule has 0 radical (unpaired) electrons. The highest BCUT2D eigenvalue weighted by Crippen LogP contribution is 2.22. The van der Waals surface area contributed by atoms with Gasteiger partial charge in [0.1, 0.15) is 6.54 Å². The Hall–Kier alpha value is -1.51. The number of aliphatic carboxylic acids is 1. The van der Waals surface area contributed by atoms with E-state index in [1.54, 1.807) is 12.1 Å². The van der Waals surface area contributed by atoms with Crippen LogP contribution in [0.25, 0.3) is 0 Å². The zero-order valence-electron chi connectivity index (χ0n) is 9.19. The van der Waals surface area contributed by atoms with Crippen LogP contribution in [0.4, 0.5) is 0 Å². The highest BCUT2D eigenvalue weighted by molar-refractivity contribution is 9.10. The SMILES string of the molecule is C#CCN(CC(=O)O)C(=O)c1cc(Br)ccc1Cl. The summed E-state index contributed by atoms with van der Waals surface area (Å²) in [5.74, 6) is 0.598. The average molecular weight is 331 g/mol. The summed E-state index contributed by atoms with van der Waals surface area (Å²) in [6.07, 6.45) is 5.11. The molecule has 0 bridgehead atoms. The molecule has 0 fully saturated rings. The largest absolute Gasteiger partial charge is 0.480 e. The van der Waals surface area contributed by atoms with Crippen molar-refractivity contribution in [1.82, 2.24) is 4.90 Å². The van der Waals surface area contributed by atoms with Crippen LogP contribution < -0.4 is 0 Å². The zero-order chi connectivity index (χ0) is 13.7. The number of terminal acetylenes is 1. The minimum Gasteiger partial charge on any atom is -0.480 e. The molecule has 18 heavy (non-hydrogen) atoms. The number of nitrogens with zero attached hydrogens (tertiary/aromatic N) is 1. The second kappa shape index (κ2) is 6.43. The zero-order valence-corrected chi connectivity index (χ0v) is 11.5. The maximum atomic E-state index is 12.1. The van der Waals surface area contributed by atoms with Crippen LogP contribution >= 0.6 is 27.5 Å². The lowest BCUT2D eigenvalue weighted by Crippen LogP contribution is -2.36. The van der Waals surface area contributed by atoms with E-state index in [2.05, 4.69) is 21.9 Å². The van der Waals surface area contributed by atoms with Crippen molar-refractivity contribution in [3.63, 3.8) is 0 Å². The molecule has 1 aromatic rings. The van der Waals surface area contributed by atoms with E-state index < -0.39 is 18.4 Å². The third-order valence-corrected chi connectivity index (χ3v) is 2.88. The lowest BCUT2D eigenvalue weighted by molar-refractivity contribution is -0.137. The van der Waals surface area contributed by atoms with Crippen molar-refractivity contribution in [1.29, 1.82) is 0 Å². The Labute approximate surface area is 118 Å².